The van der Waals surface area contributed by atoms with Crippen molar-refractivity contribution < 1.29 is 14.3 Å². The van der Waals surface area contributed by atoms with Gasteiger partial charge in [0.2, 0.25) is 0 Å². The quantitative estimate of drug-likeness (QED) is 0.674. The zero-order valence-corrected chi connectivity index (χ0v) is 17.5. The number of carbonyl (C=O) groups is 1. The van der Waals surface area contributed by atoms with E-state index in [0.717, 1.165) is 5.56 Å². The number of H-pyrrole nitrogens is 1. The number of nitrogens with zero attached hydrogens (tertiary/aromatic N) is 2. The van der Waals surface area contributed by atoms with Crippen LogP contribution in [0.1, 0.15) is 41.4 Å². The highest BCUT2D eigenvalue weighted by atomic mass is 16.5. The summed E-state index contributed by atoms with van der Waals surface area (Å²) in [6.45, 7) is 6.60. The molecule has 9 heteroatoms. The molecular weight excluding hydrogens is 388 g/mol. The molecule has 0 aliphatic carbocycles. The summed E-state index contributed by atoms with van der Waals surface area (Å²) in [6, 6.07) is 6.39. The lowest BCUT2D eigenvalue weighted by Gasteiger charge is -2.35. The van der Waals surface area contributed by atoms with Crippen LogP contribution in [-0.4, -0.2) is 53.8 Å². The number of aromatic nitrogens is 2. The van der Waals surface area contributed by atoms with Crippen molar-refractivity contribution >= 4 is 11.8 Å². The molecule has 0 bridgehead atoms. The van der Waals surface area contributed by atoms with E-state index in [2.05, 4.69) is 9.88 Å². The van der Waals surface area contributed by atoms with Gasteiger partial charge in [0, 0.05) is 19.6 Å². The van der Waals surface area contributed by atoms with E-state index in [-0.39, 0.29) is 11.7 Å². The maximum atomic E-state index is 12.9. The molecule has 2 heterocycles. The van der Waals surface area contributed by atoms with Gasteiger partial charge in [-0.25, -0.2) is 9.59 Å². The predicted molar refractivity (Wildman–Crippen MR) is 113 cm³/mol. The Labute approximate surface area is 174 Å². The molecule has 162 valence electrons. The van der Waals surface area contributed by atoms with Crippen molar-refractivity contribution in [2.45, 2.75) is 26.4 Å². The molecule has 1 fully saturated rings. The molecule has 0 saturated carbocycles. The van der Waals surface area contributed by atoms with Crippen molar-refractivity contribution in [2.24, 2.45) is 5.92 Å². The van der Waals surface area contributed by atoms with Crippen molar-refractivity contribution in [2.75, 3.05) is 39.1 Å². The summed E-state index contributed by atoms with van der Waals surface area (Å²) in [7, 11) is 1.32. The first kappa shape index (κ1) is 21.8. The summed E-state index contributed by atoms with van der Waals surface area (Å²) in [5.74, 6) is -0.108. The highest BCUT2D eigenvalue weighted by Gasteiger charge is 2.30. The monoisotopic (exact) mass is 416 g/mol. The number of morpholine rings is 1. The fourth-order valence-electron chi connectivity index (χ4n) is 3.73. The molecule has 0 unspecified atom stereocenters. The minimum atomic E-state index is -0.517. The van der Waals surface area contributed by atoms with Crippen LogP contribution in [0.3, 0.4) is 0 Å². The van der Waals surface area contributed by atoms with Gasteiger partial charge >= 0.3 is 11.7 Å². The smallest absolute Gasteiger partial charge is 0.337 e. The molecule has 0 spiro atoms. The van der Waals surface area contributed by atoms with Crippen LogP contribution in [0.4, 0.5) is 5.82 Å². The Kier molecular flexibility index (Phi) is 6.73. The first-order valence-corrected chi connectivity index (χ1v) is 9.96. The lowest BCUT2D eigenvalue weighted by molar-refractivity contribution is 0.0237. The fourth-order valence-corrected chi connectivity index (χ4v) is 3.73. The lowest BCUT2D eigenvalue weighted by Crippen LogP contribution is -2.44. The molecule has 1 saturated heterocycles. The van der Waals surface area contributed by atoms with Crippen LogP contribution in [0.25, 0.3) is 0 Å². The van der Waals surface area contributed by atoms with Crippen molar-refractivity contribution in [3.8, 4) is 0 Å². The summed E-state index contributed by atoms with van der Waals surface area (Å²) in [6.07, 6.45) is 0. The van der Waals surface area contributed by atoms with Crippen LogP contribution in [0.15, 0.2) is 33.9 Å². The maximum Gasteiger partial charge on any atom is 0.337 e. The molecule has 1 atom stereocenters. The summed E-state index contributed by atoms with van der Waals surface area (Å²) >= 11 is 0. The number of nitrogens with two attached hydrogens (primary N) is 1. The molecule has 3 N–H and O–H groups in total. The van der Waals surface area contributed by atoms with Crippen LogP contribution in [0.2, 0.25) is 0 Å². The predicted octanol–water partition coefficient (Wildman–Crippen LogP) is 0.983. The van der Waals surface area contributed by atoms with Crippen molar-refractivity contribution in [1.29, 1.82) is 0 Å². The van der Waals surface area contributed by atoms with Crippen LogP contribution in [0, 0.1) is 5.92 Å². The molecule has 1 aromatic carbocycles. The number of esters is 1. The Balaban J connectivity index is 2.15. The minimum Gasteiger partial charge on any atom is -0.465 e. The second-order valence-electron chi connectivity index (χ2n) is 7.73. The van der Waals surface area contributed by atoms with E-state index in [1.54, 1.807) is 24.3 Å². The Morgan fingerprint density at radius 2 is 1.83 bits per heavy atom. The highest BCUT2D eigenvalue weighted by Crippen LogP contribution is 2.30. The van der Waals surface area contributed by atoms with E-state index in [4.69, 9.17) is 15.2 Å². The highest BCUT2D eigenvalue weighted by molar-refractivity contribution is 5.89. The van der Waals surface area contributed by atoms with Crippen LogP contribution < -0.4 is 17.0 Å². The summed E-state index contributed by atoms with van der Waals surface area (Å²) in [5.41, 5.74) is 6.88. The van der Waals surface area contributed by atoms with E-state index >= 15 is 0 Å². The molecule has 1 aliphatic heterocycles. The molecule has 2 aromatic rings. The fraction of sp³-hybridized carbons (Fsp3) is 0.476. The van der Waals surface area contributed by atoms with Gasteiger partial charge in [0.05, 0.1) is 37.5 Å². The van der Waals surface area contributed by atoms with Gasteiger partial charge in [-0.05, 0) is 23.6 Å². The second kappa shape index (κ2) is 9.27. The Hall–Kier alpha value is -2.91. The van der Waals surface area contributed by atoms with E-state index in [0.29, 0.717) is 44.0 Å². The Bertz CT molecular complexity index is 1000. The van der Waals surface area contributed by atoms with Crippen LogP contribution >= 0.6 is 0 Å². The maximum absolute atomic E-state index is 12.9. The molecule has 1 aliphatic rings. The van der Waals surface area contributed by atoms with E-state index in [9.17, 15) is 14.4 Å². The number of hydrogen-bond donors (Lipinski definition) is 2. The summed E-state index contributed by atoms with van der Waals surface area (Å²) < 4.78 is 11.6. The van der Waals surface area contributed by atoms with E-state index < -0.39 is 23.3 Å². The van der Waals surface area contributed by atoms with E-state index in [1.807, 2.05) is 13.8 Å². The second-order valence-corrected chi connectivity index (χ2v) is 7.73. The zero-order chi connectivity index (χ0) is 21.8. The summed E-state index contributed by atoms with van der Waals surface area (Å²) in [5, 5.41) is 0. The molecular formula is C21H28N4O5. The first-order chi connectivity index (χ1) is 14.3. The molecule has 0 radical (unpaired) electrons. The molecule has 1 aromatic heterocycles. The SMILES string of the molecule is COC(=O)c1ccc([C@@H](c2c(N)n(CC(C)C)c(=O)[nH]c2=O)N2CCOCC2)cc1. The number of carbonyl (C=O) groups excluding carboxylic acids is 1. The standard InChI is InChI=1S/C21H28N4O5/c1-13(2)12-25-18(22)16(19(26)23-21(25)28)17(24-8-10-30-11-9-24)14-4-6-15(7-5-14)20(27)29-3/h4-7,13,17H,8-12,22H2,1-3H3,(H,23,26,28)/t17-/m0/s1. The van der Waals surface area contributed by atoms with Gasteiger partial charge < -0.3 is 15.2 Å². The molecule has 3 rings (SSSR count). The number of ether oxygens (including phenoxy) is 2. The summed E-state index contributed by atoms with van der Waals surface area (Å²) in [4.78, 5) is 41.6. The number of aromatic amines is 1. The number of rotatable bonds is 6. The van der Waals surface area contributed by atoms with Gasteiger partial charge in [0.15, 0.2) is 0 Å². The van der Waals surface area contributed by atoms with Crippen molar-refractivity contribution in [3.05, 3.63) is 61.8 Å². The average molecular weight is 416 g/mol. The third-order valence-electron chi connectivity index (χ3n) is 5.16. The van der Waals surface area contributed by atoms with Crippen molar-refractivity contribution in [1.82, 2.24) is 14.5 Å². The average Bonchev–Trinajstić information content (AvgIpc) is 2.74. The third kappa shape index (κ3) is 4.47. The topological polar surface area (TPSA) is 120 Å². The Morgan fingerprint density at radius 3 is 2.40 bits per heavy atom. The minimum absolute atomic E-state index is 0.158. The number of nitrogens with one attached hydrogen (secondary N) is 1. The van der Waals surface area contributed by atoms with Gasteiger partial charge in [-0.2, -0.15) is 0 Å². The first-order valence-electron chi connectivity index (χ1n) is 9.96. The third-order valence-corrected chi connectivity index (χ3v) is 5.16. The normalized spacial score (nSPS) is 15.9. The van der Waals surface area contributed by atoms with Crippen LogP contribution in [-0.2, 0) is 16.0 Å². The number of hydrogen-bond acceptors (Lipinski definition) is 7. The zero-order valence-electron chi connectivity index (χ0n) is 17.5. The number of nitrogen functional groups attached to an aromatic ring is 1. The van der Waals surface area contributed by atoms with Crippen molar-refractivity contribution in [3.63, 3.8) is 0 Å². The molecule has 30 heavy (non-hydrogen) atoms. The number of anilines is 1. The number of benzene rings is 1. The van der Waals surface area contributed by atoms with Gasteiger partial charge in [-0.1, -0.05) is 26.0 Å². The molecule has 9 nitrogen and oxygen atoms in total. The Morgan fingerprint density at radius 1 is 1.20 bits per heavy atom. The lowest BCUT2D eigenvalue weighted by atomic mass is 9.96. The van der Waals surface area contributed by atoms with Gasteiger partial charge in [-0.3, -0.25) is 19.2 Å². The van der Waals surface area contributed by atoms with Crippen LogP contribution in [0.5, 0.6) is 0 Å². The molecule has 0 amide bonds. The van der Waals surface area contributed by atoms with Gasteiger partial charge in [0.25, 0.3) is 5.56 Å². The van der Waals surface area contributed by atoms with Gasteiger partial charge in [0.1, 0.15) is 5.82 Å². The van der Waals surface area contributed by atoms with E-state index in [1.165, 1.54) is 11.7 Å². The largest absolute Gasteiger partial charge is 0.465 e. The van der Waals surface area contributed by atoms with Gasteiger partial charge in [-0.15, -0.1) is 0 Å². The number of methoxy groups -OCH3 is 1.